The van der Waals surface area contributed by atoms with Gasteiger partial charge in [0.1, 0.15) is 0 Å². The summed E-state index contributed by atoms with van der Waals surface area (Å²) in [6.07, 6.45) is 6.30. The van der Waals surface area contributed by atoms with Crippen LogP contribution in [0.1, 0.15) is 73.1 Å². The van der Waals surface area contributed by atoms with Gasteiger partial charge in [0.2, 0.25) is 0 Å². The van der Waals surface area contributed by atoms with Crippen LogP contribution in [-0.2, 0) is 0 Å². The monoisotopic (exact) mass is 357 g/mol. The summed E-state index contributed by atoms with van der Waals surface area (Å²) in [7, 11) is 0. The third kappa shape index (κ3) is 4.44. The van der Waals surface area contributed by atoms with Crippen molar-refractivity contribution in [1.29, 1.82) is 0 Å². The maximum absolute atomic E-state index is 12.8. The van der Waals surface area contributed by atoms with Crippen LogP contribution in [0.25, 0.3) is 0 Å². The van der Waals surface area contributed by atoms with Crippen molar-refractivity contribution >= 4 is 11.8 Å². The van der Waals surface area contributed by atoms with E-state index in [1.807, 2.05) is 17.0 Å². The molecule has 2 N–H and O–H groups in total. The number of piperidine rings is 1. The van der Waals surface area contributed by atoms with Crippen LogP contribution >= 0.6 is 0 Å². The first-order valence-electron chi connectivity index (χ1n) is 10.1. The first kappa shape index (κ1) is 18.9. The molecule has 142 valence electrons. The molecule has 2 bridgehead atoms. The highest BCUT2D eigenvalue weighted by molar-refractivity contribution is 5.99. The molecule has 0 aromatic heterocycles. The number of hydrogen-bond donors (Lipinski definition) is 2. The Labute approximate surface area is 156 Å². The Morgan fingerprint density at radius 2 is 1.69 bits per heavy atom. The molecule has 26 heavy (non-hydrogen) atoms. The van der Waals surface area contributed by atoms with Gasteiger partial charge in [-0.3, -0.25) is 9.59 Å². The summed E-state index contributed by atoms with van der Waals surface area (Å²) < 4.78 is 0. The average Bonchev–Trinajstić information content (AvgIpc) is 2.99. The van der Waals surface area contributed by atoms with Gasteiger partial charge in [0.25, 0.3) is 11.8 Å². The average molecular weight is 357 g/mol. The van der Waals surface area contributed by atoms with Gasteiger partial charge in [-0.05, 0) is 56.7 Å². The van der Waals surface area contributed by atoms with Crippen LogP contribution in [-0.4, -0.2) is 47.9 Å². The molecule has 0 radical (unpaired) electrons. The second kappa shape index (κ2) is 8.67. The zero-order chi connectivity index (χ0) is 18.5. The molecule has 5 nitrogen and oxygen atoms in total. The summed E-state index contributed by atoms with van der Waals surface area (Å²) in [5.74, 6) is -0.0493. The number of carbonyl (C=O) groups excluding carboxylic acids is 2. The number of amides is 2. The number of hydrogen-bond acceptors (Lipinski definition) is 3. The molecule has 2 atom stereocenters. The molecule has 5 heteroatoms. The number of carbonyl (C=O) groups is 2. The quantitative estimate of drug-likeness (QED) is 0.789. The van der Waals surface area contributed by atoms with Gasteiger partial charge in [0.05, 0.1) is 0 Å². The fourth-order valence-corrected chi connectivity index (χ4v) is 4.27. The van der Waals surface area contributed by atoms with E-state index in [1.165, 1.54) is 12.8 Å². The molecule has 2 aliphatic heterocycles. The maximum atomic E-state index is 12.8. The highest BCUT2D eigenvalue weighted by Gasteiger charge is 2.34. The van der Waals surface area contributed by atoms with E-state index in [0.717, 1.165) is 38.8 Å². The van der Waals surface area contributed by atoms with E-state index in [0.29, 0.717) is 23.2 Å². The van der Waals surface area contributed by atoms with E-state index < -0.39 is 0 Å². The van der Waals surface area contributed by atoms with Crippen LogP contribution in [0.4, 0.5) is 0 Å². The molecule has 2 saturated heterocycles. The van der Waals surface area contributed by atoms with Crippen molar-refractivity contribution in [3.8, 4) is 0 Å². The van der Waals surface area contributed by atoms with Gasteiger partial charge in [-0.15, -0.1) is 0 Å². The van der Waals surface area contributed by atoms with Gasteiger partial charge in [0, 0.05) is 42.3 Å². The standard InChI is InChI=1S/C21H31N3O2/c1-3-10-24(11-4-2)21(26)16-7-5-6-15(12-16)20(25)23-19-13-17-8-9-18(14-19)22-17/h5-7,12,17-19,22H,3-4,8-11,13-14H2,1-2H3,(H,23,25). The van der Waals surface area contributed by atoms with E-state index >= 15 is 0 Å². The molecule has 1 aromatic rings. The van der Waals surface area contributed by atoms with E-state index in [2.05, 4.69) is 24.5 Å². The summed E-state index contributed by atoms with van der Waals surface area (Å²) in [6.45, 7) is 5.65. The Morgan fingerprint density at radius 3 is 2.31 bits per heavy atom. The van der Waals surface area contributed by atoms with Gasteiger partial charge in [-0.2, -0.15) is 0 Å². The minimum Gasteiger partial charge on any atom is -0.349 e. The van der Waals surface area contributed by atoms with Crippen LogP contribution in [0, 0.1) is 0 Å². The molecule has 0 aliphatic carbocycles. The minimum absolute atomic E-state index is 0.0169. The smallest absolute Gasteiger partial charge is 0.253 e. The third-order valence-corrected chi connectivity index (χ3v) is 5.45. The van der Waals surface area contributed by atoms with Gasteiger partial charge in [-0.25, -0.2) is 0 Å². The van der Waals surface area contributed by atoms with Crippen molar-refractivity contribution in [2.24, 2.45) is 0 Å². The lowest BCUT2D eigenvalue weighted by atomic mass is 9.99. The fourth-order valence-electron chi connectivity index (χ4n) is 4.27. The third-order valence-electron chi connectivity index (χ3n) is 5.45. The van der Waals surface area contributed by atoms with E-state index in [9.17, 15) is 9.59 Å². The normalized spacial score (nSPS) is 24.3. The Kier molecular flexibility index (Phi) is 6.30. The van der Waals surface area contributed by atoms with Crippen molar-refractivity contribution in [1.82, 2.24) is 15.5 Å². The second-order valence-electron chi connectivity index (χ2n) is 7.65. The minimum atomic E-state index is -0.0662. The van der Waals surface area contributed by atoms with Crippen LogP contribution in [0.2, 0.25) is 0 Å². The lowest BCUT2D eigenvalue weighted by Gasteiger charge is -2.29. The molecule has 2 aliphatic rings. The molecule has 0 spiro atoms. The van der Waals surface area contributed by atoms with E-state index in [-0.39, 0.29) is 17.9 Å². The number of rotatable bonds is 7. The maximum Gasteiger partial charge on any atom is 0.253 e. The Morgan fingerprint density at radius 1 is 1.08 bits per heavy atom. The molecule has 2 fully saturated rings. The molecular formula is C21H31N3O2. The largest absolute Gasteiger partial charge is 0.349 e. The number of benzene rings is 1. The molecule has 2 unspecified atom stereocenters. The lowest BCUT2D eigenvalue weighted by Crippen LogP contribution is -2.48. The highest BCUT2D eigenvalue weighted by Crippen LogP contribution is 2.27. The summed E-state index contributed by atoms with van der Waals surface area (Å²) in [4.78, 5) is 27.3. The number of fused-ring (bicyclic) bond motifs is 2. The predicted molar refractivity (Wildman–Crippen MR) is 103 cm³/mol. The molecule has 0 saturated carbocycles. The Hall–Kier alpha value is -1.88. The Bertz CT molecular complexity index is 628. The lowest BCUT2D eigenvalue weighted by molar-refractivity contribution is 0.0755. The SMILES string of the molecule is CCCN(CCC)C(=O)c1cccc(C(=O)NC2CC3CCC(C2)N3)c1. The number of nitrogens with one attached hydrogen (secondary N) is 2. The molecule has 2 heterocycles. The summed E-state index contributed by atoms with van der Waals surface area (Å²) in [6, 6.07) is 8.48. The van der Waals surface area contributed by atoms with Gasteiger partial charge in [-0.1, -0.05) is 19.9 Å². The van der Waals surface area contributed by atoms with Crippen molar-refractivity contribution in [2.45, 2.75) is 70.5 Å². The van der Waals surface area contributed by atoms with E-state index in [4.69, 9.17) is 0 Å². The summed E-state index contributed by atoms with van der Waals surface area (Å²) >= 11 is 0. The van der Waals surface area contributed by atoms with Crippen molar-refractivity contribution < 1.29 is 9.59 Å². The zero-order valence-electron chi connectivity index (χ0n) is 16.0. The topological polar surface area (TPSA) is 61.4 Å². The molecule has 3 rings (SSSR count). The number of nitrogens with zero attached hydrogens (tertiary/aromatic N) is 1. The Balaban J connectivity index is 1.66. The predicted octanol–water partition coefficient (Wildman–Crippen LogP) is 2.96. The van der Waals surface area contributed by atoms with Crippen molar-refractivity contribution in [2.75, 3.05) is 13.1 Å². The van der Waals surface area contributed by atoms with Gasteiger partial charge in [0.15, 0.2) is 0 Å². The van der Waals surface area contributed by atoms with Gasteiger partial charge >= 0.3 is 0 Å². The highest BCUT2D eigenvalue weighted by atomic mass is 16.2. The van der Waals surface area contributed by atoms with Crippen LogP contribution in [0.5, 0.6) is 0 Å². The molecular weight excluding hydrogens is 326 g/mol. The van der Waals surface area contributed by atoms with Crippen LogP contribution in [0.3, 0.4) is 0 Å². The second-order valence-corrected chi connectivity index (χ2v) is 7.65. The first-order valence-corrected chi connectivity index (χ1v) is 10.1. The van der Waals surface area contributed by atoms with Crippen LogP contribution < -0.4 is 10.6 Å². The van der Waals surface area contributed by atoms with Crippen LogP contribution in [0.15, 0.2) is 24.3 Å². The fraction of sp³-hybridized carbons (Fsp3) is 0.619. The zero-order valence-corrected chi connectivity index (χ0v) is 16.0. The van der Waals surface area contributed by atoms with Gasteiger partial charge < -0.3 is 15.5 Å². The van der Waals surface area contributed by atoms with Crippen molar-refractivity contribution in [3.63, 3.8) is 0 Å². The van der Waals surface area contributed by atoms with E-state index in [1.54, 1.807) is 12.1 Å². The van der Waals surface area contributed by atoms with Crippen molar-refractivity contribution in [3.05, 3.63) is 35.4 Å². The summed E-state index contributed by atoms with van der Waals surface area (Å²) in [5.41, 5.74) is 1.18. The molecule has 1 aromatic carbocycles. The first-order chi connectivity index (χ1) is 12.6. The molecule has 2 amide bonds. The summed E-state index contributed by atoms with van der Waals surface area (Å²) in [5, 5.41) is 6.77.